The summed E-state index contributed by atoms with van der Waals surface area (Å²) in [4.78, 5) is 27.0. The van der Waals surface area contributed by atoms with Crippen LogP contribution in [0.15, 0.2) is 41.1 Å². The number of carbonyl (C=O) groups is 2. The van der Waals surface area contributed by atoms with E-state index in [-0.39, 0.29) is 12.4 Å². The van der Waals surface area contributed by atoms with Gasteiger partial charge in [-0.2, -0.15) is 0 Å². The van der Waals surface area contributed by atoms with E-state index >= 15 is 0 Å². The van der Waals surface area contributed by atoms with Crippen molar-refractivity contribution >= 4 is 46.1 Å². The van der Waals surface area contributed by atoms with Crippen molar-refractivity contribution in [1.29, 1.82) is 0 Å². The fraction of sp³-hybridized carbons (Fsp3) is 0.238. The lowest BCUT2D eigenvalue weighted by Gasteiger charge is -2.08. The van der Waals surface area contributed by atoms with E-state index in [0.717, 1.165) is 27.7 Å². The third kappa shape index (κ3) is 4.28. The highest BCUT2D eigenvalue weighted by Gasteiger charge is 2.20. The molecule has 27 heavy (non-hydrogen) atoms. The van der Waals surface area contributed by atoms with E-state index in [4.69, 9.17) is 4.74 Å². The van der Waals surface area contributed by atoms with Crippen molar-refractivity contribution in [3.63, 3.8) is 0 Å². The average Bonchev–Trinajstić information content (AvgIpc) is 3.39. The number of hydrogen-bond donors (Lipinski definition) is 0. The number of rotatable bonds is 7. The molecule has 0 saturated heterocycles. The van der Waals surface area contributed by atoms with Gasteiger partial charge in [0.25, 0.3) is 0 Å². The molecule has 0 aromatic carbocycles. The summed E-state index contributed by atoms with van der Waals surface area (Å²) in [6.45, 7) is 6.46. The minimum absolute atomic E-state index is 0.183. The van der Waals surface area contributed by atoms with Crippen molar-refractivity contribution < 1.29 is 14.3 Å². The Hall–Kier alpha value is -2.44. The van der Waals surface area contributed by atoms with Crippen molar-refractivity contribution in [2.75, 3.05) is 6.61 Å². The molecule has 140 valence electrons. The highest BCUT2D eigenvalue weighted by molar-refractivity contribution is 7.12. The second-order valence-corrected chi connectivity index (χ2v) is 8.01. The summed E-state index contributed by atoms with van der Waals surface area (Å²) in [5.41, 5.74) is 3.02. The van der Waals surface area contributed by atoms with Crippen LogP contribution in [0.2, 0.25) is 0 Å². The maximum absolute atomic E-state index is 12.7. The Morgan fingerprint density at radius 1 is 1.15 bits per heavy atom. The number of Topliss-reactive ketones (excluding diaryl/α,β-unsaturated/α-hetero) is 1. The van der Waals surface area contributed by atoms with E-state index in [9.17, 15) is 9.59 Å². The van der Waals surface area contributed by atoms with Crippen LogP contribution < -0.4 is 0 Å². The summed E-state index contributed by atoms with van der Waals surface area (Å²) < 4.78 is 7.45. The van der Waals surface area contributed by atoms with Gasteiger partial charge in [-0.3, -0.25) is 4.79 Å². The molecular weight excluding hydrogens is 378 g/mol. The van der Waals surface area contributed by atoms with Crippen molar-refractivity contribution in [3.8, 4) is 0 Å². The van der Waals surface area contributed by atoms with Gasteiger partial charge < -0.3 is 9.30 Å². The van der Waals surface area contributed by atoms with Gasteiger partial charge in [0, 0.05) is 33.3 Å². The SMILES string of the molecule is CCn1c(C)cc(C(=O)COC(=O)/C(=C/c2cccs2)c2cccs2)c1C. The molecule has 0 fully saturated rings. The zero-order valence-electron chi connectivity index (χ0n) is 15.5. The van der Waals surface area contributed by atoms with Gasteiger partial charge in [0.15, 0.2) is 6.61 Å². The first kappa shape index (κ1) is 19.3. The smallest absolute Gasteiger partial charge is 0.340 e. The van der Waals surface area contributed by atoms with Crippen LogP contribution in [0, 0.1) is 13.8 Å². The Kier molecular flexibility index (Phi) is 6.08. The molecule has 4 nitrogen and oxygen atoms in total. The van der Waals surface area contributed by atoms with Crippen molar-refractivity contribution in [1.82, 2.24) is 4.57 Å². The number of aromatic nitrogens is 1. The largest absolute Gasteiger partial charge is 0.454 e. The summed E-state index contributed by atoms with van der Waals surface area (Å²) in [6, 6.07) is 9.50. The fourth-order valence-electron chi connectivity index (χ4n) is 3.03. The molecule has 0 amide bonds. The van der Waals surface area contributed by atoms with E-state index < -0.39 is 5.97 Å². The molecule has 0 spiro atoms. The summed E-state index contributed by atoms with van der Waals surface area (Å²) in [5.74, 6) is -0.665. The van der Waals surface area contributed by atoms with Crippen LogP contribution in [0.1, 0.15) is 38.4 Å². The van der Waals surface area contributed by atoms with Gasteiger partial charge in [-0.15, -0.1) is 22.7 Å². The zero-order chi connectivity index (χ0) is 19.4. The molecule has 0 radical (unpaired) electrons. The highest BCUT2D eigenvalue weighted by Crippen LogP contribution is 2.26. The maximum Gasteiger partial charge on any atom is 0.340 e. The van der Waals surface area contributed by atoms with Gasteiger partial charge in [0.1, 0.15) is 0 Å². The monoisotopic (exact) mass is 399 g/mol. The maximum atomic E-state index is 12.7. The van der Waals surface area contributed by atoms with E-state index in [2.05, 4.69) is 4.57 Å². The quantitative estimate of drug-likeness (QED) is 0.311. The van der Waals surface area contributed by atoms with Crippen LogP contribution >= 0.6 is 22.7 Å². The van der Waals surface area contributed by atoms with Crippen LogP contribution in [-0.2, 0) is 16.1 Å². The topological polar surface area (TPSA) is 48.3 Å². The van der Waals surface area contributed by atoms with Gasteiger partial charge in [0.05, 0.1) is 5.57 Å². The molecule has 0 N–H and O–H groups in total. The van der Waals surface area contributed by atoms with Crippen LogP contribution in [0.4, 0.5) is 0 Å². The number of nitrogens with zero attached hydrogens (tertiary/aromatic N) is 1. The van der Waals surface area contributed by atoms with Crippen LogP contribution in [0.5, 0.6) is 0 Å². The molecule has 0 atom stereocenters. The summed E-state index contributed by atoms with van der Waals surface area (Å²) in [7, 11) is 0. The highest BCUT2D eigenvalue weighted by atomic mass is 32.1. The van der Waals surface area contributed by atoms with Crippen molar-refractivity contribution in [2.24, 2.45) is 0 Å². The molecule has 0 aliphatic carbocycles. The second kappa shape index (κ2) is 8.50. The lowest BCUT2D eigenvalue weighted by atomic mass is 10.1. The number of hydrogen-bond acceptors (Lipinski definition) is 5. The van der Waals surface area contributed by atoms with Crippen LogP contribution in [-0.4, -0.2) is 22.9 Å². The molecule has 0 bridgehead atoms. The minimum Gasteiger partial charge on any atom is -0.454 e. The molecule has 3 rings (SSSR count). The Morgan fingerprint density at radius 2 is 1.89 bits per heavy atom. The van der Waals surface area contributed by atoms with Gasteiger partial charge in [-0.05, 0) is 55.8 Å². The lowest BCUT2D eigenvalue weighted by Crippen LogP contribution is -2.15. The standard InChI is InChI=1S/C21H21NO3S2/c1-4-22-14(2)11-17(15(22)3)19(23)13-25-21(24)18(20-8-6-10-27-20)12-16-7-5-9-26-16/h5-12H,4,13H2,1-3H3/b18-12+. The van der Waals surface area contributed by atoms with Gasteiger partial charge in [-0.25, -0.2) is 4.79 Å². The molecule has 0 unspecified atom stereocenters. The zero-order valence-corrected chi connectivity index (χ0v) is 17.2. The summed E-state index contributed by atoms with van der Waals surface area (Å²) in [6.07, 6.45) is 1.81. The fourth-order valence-corrected chi connectivity index (χ4v) is 4.42. The van der Waals surface area contributed by atoms with Gasteiger partial charge in [-0.1, -0.05) is 12.1 Å². The number of ketones is 1. The van der Waals surface area contributed by atoms with E-state index in [1.165, 1.54) is 11.3 Å². The number of carbonyl (C=O) groups excluding carboxylic acids is 2. The number of aryl methyl sites for hydroxylation is 1. The summed E-state index contributed by atoms with van der Waals surface area (Å²) >= 11 is 3.02. The molecule has 0 aliphatic rings. The van der Waals surface area contributed by atoms with E-state index in [1.54, 1.807) is 11.3 Å². The number of ether oxygens (including phenoxy) is 1. The van der Waals surface area contributed by atoms with Crippen molar-refractivity contribution in [2.45, 2.75) is 27.3 Å². The van der Waals surface area contributed by atoms with E-state index in [1.807, 2.05) is 67.9 Å². The molecule has 6 heteroatoms. The van der Waals surface area contributed by atoms with Gasteiger partial charge >= 0.3 is 5.97 Å². The normalized spacial score (nSPS) is 11.6. The Bertz CT molecular complexity index is 964. The first-order chi connectivity index (χ1) is 13.0. The first-order valence-corrected chi connectivity index (χ1v) is 10.4. The van der Waals surface area contributed by atoms with Crippen LogP contribution in [0.25, 0.3) is 11.6 Å². The van der Waals surface area contributed by atoms with Gasteiger partial charge in [0.2, 0.25) is 5.78 Å². The number of esters is 1. The predicted molar refractivity (Wildman–Crippen MR) is 111 cm³/mol. The van der Waals surface area contributed by atoms with Crippen molar-refractivity contribution in [3.05, 3.63) is 67.8 Å². The Morgan fingerprint density at radius 3 is 2.48 bits per heavy atom. The lowest BCUT2D eigenvalue weighted by molar-refractivity contribution is -0.135. The molecular formula is C21H21NO3S2. The average molecular weight is 400 g/mol. The first-order valence-electron chi connectivity index (χ1n) is 8.67. The third-order valence-corrected chi connectivity index (χ3v) is 6.08. The molecule has 0 saturated carbocycles. The molecule has 3 aromatic rings. The summed E-state index contributed by atoms with van der Waals surface area (Å²) in [5, 5.41) is 3.87. The Balaban J connectivity index is 1.76. The molecule has 0 aliphatic heterocycles. The van der Waals surface area contributed by atoms with Crippen LogP contribution in [0.3, 0.4) is 0 Å². The van der Waals surface area contributed by atoms with E-state index in [0.29, 0.717) is 11.1 Å². The Labute approximate surface area is 166 Å². The third-order valence-electron chi connectivity index (χ3n) is 4.36. The molecule has 3 heterocycles. The predicted octanol–water partition coefficient (Wildman–Crippen LogP) is 5.21. The molecule has 3 aromatic heterocycles. The minimum atomic E-state index is -0.483. The number of thiophene rings is 2. The second-order valence-electron chi connectivity index (χ2n) is 6.08.